The molecule has 1 fully saturated rings. The zero-order valence-corrected chi connectivity index (χ0v) is 15.8. The van der Waals surface area contributed by atoms with Gasteiger partial charge in [-0.2, -0.15) is 0 Å². The van der Waals surface area contributed by atoms with Crippen molar-refractivity contribution in [1.29, 1.82) is 0 Å². The Kier molecular flexibility index (Phi) is 5.72. The Balaban J connectivity index is 1.93. The summed E-state index contributed by atoms with van der Waals surface area (Å²) in [7, 11) is 1.24. The van der Waals surface area contributed by atoms with Gasteiger partial charge in [0.05, 0.1) is 29.8 Å². The SMILES string of the molecule is COC(=O)/C=C1\SC(=Nc2ccc(C(=O)O)cc2)N(Cc2cccs2)C1=O. The van der Waals surface area contributed by atoms with E-state index in [9.17, 15) is 14.4 Å². The van der Waals surface area contributed by atoms with Crippen molar-refractivity contribution >= 4 is 51.8 Å². The van der Waals surface area contributed by atoms with Crippen LogP contribution in [0.1, 0.15) is 15.2 Å². The first-order valence-electron chi connectivity index (χ1n) is 7.71. The monoisotopic (exact) mass is 402 g/mol. The number of carboxylic acids is 1. The molecule has 0 bridgehead atoms. The summed E-state index contributed by atoms with van der Waals surface area (Å²) >= 11 is 2.58. The molecule has 9 heteroatoms. The lowest BCUT2D eigenvalue weighted by Crippen LogP contribution is -2.28. The van der Waals surface area contributed by atoms with Crippen LogP contribution in [0.2, 0.25) is 0 Å². The third-order valence-electron chi connectivity index (χ3n) is 3.57. The van der Waals surface area contributed by atoms with E-state index in [2.05, 4.69) is 9.73 Å². The zero-order chi connectivity index (χ0) is 19.4. The molecule has 1 aliphatic rings. The molecule has 0 aliphatic carbocycles. The van der Waals surface area contributed by atoms with Gasteiger partial charge in [-0.15, -0.1) is 11.3 Å². The fourth-order valence-electron chi connectivity index (χ4n) is 2.24. The number of amidine groups is 1. The number of nitrogens with zero attached hydrogens (tertiary/aromatic N) is 2. The standard InChI is InChI=1S/C18H14N2O5S2/c1-25-15(21)9-14-16(22)20(10-13-3-2-8-26-13)18(27-14)19-12-6-4-11(5-7-12)17(23)24/h2-9H,10H2,1H3,(H,23,24)/b14-9-,19-18?. The Hall–Kier alpha value is -2.91. The molecule has 138 valence electrons. The second kappa shape index (κ2) is 8.19. The number of aliphatic imine (C=N–C) groups is 1. The summed E-state index contributed by atoms with van der Waals surface area (Å²) in [6, 6.07) is 9.81. The molecule has 1 aromatic carbocycles. The Morgan fingerprint density at radius 3 is 2.59 bits per heavy atom. The molecule has 0 saturated carbocycles. The molecular weight excluding hydrogens is 388 g/mol. The number of carboxylic acid groups (broad SMARTS) is 1. The number of benzene rings is 1. The van der Waals surface area contributed by atoms with Gasteiger partial charge in [0.1, 0.15) is 0 Å². The predicted octanol–water partition coefficient (Wildman–Crippen LogP) is 3.27. The van der Waals surface area contributed by atoms with Crippen LogP contribution in [-0.2, 0) is 20.9 Å². The molecule has 0 atom stereocenters. The second-order valence-corrected chi connectivity index (χ2v) is 7.39. The van der Waals surface area contributed by atoms with Gasteiger partial charge in [0.15, 0.2) is 5.17 Å². The third kappa shape index (κ3) is 4.44. The van der Waals surface area contributed by atoms with Crippen LogP contribution in [0, 0.1) is 0 Å². The van der Waals surface area contributed by atoms with E-state index in [0.29, 0.717) is 17.4 Å². The van der Waals surface area contributed by atoms with Crippen LogP contribution >= 0.6 is 23.1 Å². The number of hydrogen-bond acceptors (Lipinski definition) is 7. The number of amides is 1. The first kappa shape index (κ1) is 18.9. The quantitative estimate of drug-likeness (QED) is 0.609. The molecule has 2 aromatic rings. The van der Waals surface area contributed by atoms with Crippen LogP contribution in [0.5, 0.6) is 0 Å². The molecule has 0 unspecified atom stereocenters. The molecule has 0 radical (unpaired) electrons. The minimum Gasteiger partial charge on any atom is -0.478 e. The summed E-state index contributed by atoms with van der Waals surface area (Å²) in [6.45, 7) is 0.327. The highest BCUT2D eigenvalue weighted by Crippen LogP contribution is 2.34. The van der Waals surface area contributed by atoms with Gasteiger partial charge in [-0.25, -0.2) is 14.6 Å². The van der Waals surface area contributed by atoms with Gasteiger partial charge in [-0.05, 0) is 47.5 Å². The van der Waals surface area contributed by atoms with E-state index in [-0.39, 0.29) is 16.4 Å². The van der Waals surface area contributed by atoms with E-state index in [1.165, 1.54) is 35.5 Å². The molecule has 2 heterocycles. The highest BCUT2D eigenvalue weighted by Gasteiger charge is 2.34. The fourth-order valence-corrected chi connectivity index (χ4v) is 3.89. The first-order chi connectivity index (χ1) is 13.0. The Bertz CT molecular complexity index is 933. The highest BCUT2D eigenvalue weighted by atomic mass is 32.2. The average Bonchev–Trinajstić information content (AvgIpc) is 3.26. The summed E-state index contributed by atoms with van der Waals surface area (Å²) in [6.07, 6.45) is 1.14. The van der Waals surface area contributed by atoms with Crippen molar-refractivity contribution in [3.63, 3.8) is 0 Å². The summed E-state index contributed by atoms with van der Waals surface area (Å²) in [5.41, 5.74) is 0.654. The van der Waals surface area contributed by atoms with Crippen LogP contribution in [-0.4, -0.2) is 40.1 Å². The fraction of sp³-hybridized carbons (Fsp3) is 0.111. The number of hydrogen-bond donors (Lipinski definition) is 1. The second-order valence-electron chi connectivity index (χ2n) is 5.35. The Morgan fingerprint density at radius 1 is 1.26 bits per heavy atom. The number of carbonyl (C=O) groups excluding carboxylic acids is 2. The van der Waals surface area contributed by atoms with Crippen molar-refractivity contribution in [2.45, 2.75) is 6.54 Å². The van der Waals surface area contributed by atoms with Crippen LogP contribution in [0.15, 0.2) is 57.8 Å². The lowest BCUT2D eigenvalue weighted by molar-refractivity contribution is -0.135. The van der Waals surface area contributed by atoms with E-state index in [1.807, 2.05) is 17.5 Å². The van der Waals surface area contributed by atoms with E-state index in [1.54, 1.807) is 12.1 Å². The van der Waals surface area contributed by atoms with Crippen molar-refractivity contribution in [3.05, 3.63) is 63.2 Å². The van der Waals surface area contributed by atoms with Gasteiger partial charge < -0.3 is 9.84 Å². The summed E-state index contributed by atoms with van der Waals surface area (Å²) in [5.74, 6) is -1.98. The minimum atomic E-state index is -1.03. The van der Waals surface area contributed by atoms with Gasteiger partial charge in [0.2, 0.25) is 0 Å². The molecule has 7 nitrogen and oxygen atoms in total. The van der Waals surface area contributed by atoms with E-state index >= 15 is 0 Å². The first-order valence-corrected chi connectivity index (χ1v) is 9.41. The van der Waals surface area contributed by atoms with Crippen LogP contribution in [0.3, 0.4) is 0 Å². The van der Waals surface area contributed by atoms with Crippen molar-refractivity contribution < 1.29 is 24.2 Å². The van der Waals surface area contributed by atoms with Crippen molar-refractivity contribution in [3.8, 4) is 0 Å². The molecule has 1 amide bonds. The molecule has 1 aromatic heterocycles. The molecule has 0 spiro atoms. The Morgan fingerprint density at radius 2 is 2.00 bits per heavy atom. The minimum absolute atomic E-state index is 0.149. The van der Waals surface area contributed by atoms with E-state index < -0.39 is 11.9 Å². The van der Waals surface area contributed by atoms with Gasteiger partial charge in [0, 0.05) is 11.0 Å². The average molecular weight is 402 g/mol. The maximum atomic E-state index is 12.7. The van der Waals surface area contributed by atoms with Gasteiger partial charge in [-0.3, -0.25) is 9.69 Å². The highest BCUT2D eigenvalue weighted by molar-refractivity contribution is 8.18. The van der Waals surface area contributed by atoms with Crippen LogP contribution in [0.4, 0.5) is 5.69 Å². The van der Waals surface area contributed by atoms with Crippen LogP contribution in [0.25, 0.3) is 0 Å². The number of methoxy groups -OCH3 is 1. The van der Waals surface area contributed by atoms with Gasteiger partial charge >= 0.3 is 11.9 Å². The largest absolute Gasteiger partial charge is 0.478 e. The van der Waals surface area contributed by atoms with E-state index in [4.69, 9.17) is 5.11 Å². The molecule has 1 aliphatic heterocycles. The maximum absolute atomic E-state index is 12.7. The lowest BCUT2D eigenvalue weighted by atomic mass is 10.2. The number of aromatic carboxylic acids is 1. The van der Waals surface area contributed by atoms with Crippen molar-refractivity contribution in [2.24, 2.45) is 4.99 Å². The summed E-state index contributed by atoms with van der Waals surface area (Å²) in [4.78, 5) is 42.3. The molecule has 1 saturated heterocycles. The summed E-state index contributed by atoms with van der Waals surface area (Å²) in [5, 5.41) is 11.3. The molecule has 27 heavy (non-hydrogen) atoms. The van der Waals surface area contributed by atoms with Gasteiger partial charge in [0.25, 0.3) is 5.91 Å². The maximum Gasteiger partial charge on any atom is 0.335 e. The smallest absolute Gasteiger partial charge is 0.335 e. The number of rotatable bonds is 5. The zero-order valence-electron chi connectivity index (χ0n) is 14.1. The number of carbonyl (C=O) groups is 3. The number of ether oxygens (including phenoxy) is 1. The molecule has 3 rings (SSSR count). The normalized spacial score (nSPS) is 16.9. The van der Waals surface area contributed by atoms with E-state index in [0.717, 1.165) is 22.7 Å². The van der Waals surface area contributed by atoms with Crippen LogP contribution < -0.4 is 0 Å². The number of thioether (sulfide) groups is 1. The molecule has 1 N–H and O–H groups in total. The number of esters is 1. The predicted molar refractivity (Wildman–Crippen MR) is 103 cm³/mol. The summed E-state index contributed by atoms with van der Waals surface area (Å²) < 4.78 is 4.60. The lowest BCUT2D eigenvalue weighted by Gasteiger charge is -2.14. The topological polar surface area (TPSA) is 96.3 Å². The van der Waals surface area contributed by atoms with Gasteiger partial charge in [-0.1, -0.05) is 6.07 Å². The third-order valence-corrected chi connectivity index (χ3v) is 5.44. The Labute approximate surface area is 163 Å². The van der Waals surface area contributed by atoms with Crippen molar-refractivity contribution in [1.82, 2.24) is 4.90 Å². The molecular formula is C18H14N2O5S2. The number of thiophene rings is 1. The van der Waals surface area contributed by atoms with Crippen molar-refractivity contribution in [2.75, 3.05) is 7.11 Å².